The topological polar surface area (TPSA) is 75.8 Å². The standard InChI is InChI=1S/C24H26N2O4/c1-16-5-9-19(10-6-16)23-25-21(17(2)30-23)15-29-20-11-7-18(8-12-20)14-26-13-3-4-22(26)24(27)28/h5-12,22H,3-4,13-15H2,1-2H3,(H,27,28). The van der Waals surface area contributed by atoms with Crippen molar-refractivity contribution >= 4 is 5.97 Å². The third-order valence-electron chi connectivity index (χ3n) is 5.52. The molecule has 2 aromatic carbocycles. The lowest BCUT2D eigenvalue weighted by atomic mass is 10.1. The molecule has 2 heterocycles. The molecule has 6 nitrogen and oxygen atoms in total. The molecule has 6 heteroatoms. The number of aryl methyl sites for hydroxylation is 2. The highest BCUT2D eigenvalue weighted by Crippen LogP contribution is 2.24. The number of aliphatic carboxylic acids is 1. The second-order valence-corrected chi connectivity index (χ2v) is 7.79. The highest BCUT2D eigenvalue weighted by atomic mass is 16.5. The molecule has 0 spiro atoms. The molecule has 1 aliphatic heterocycles. The van der Waals surface area contributed by atoms with E-state index in [9.17, 15) is 9.90 Å². The summed E-state index contributed by atoms with van der Waals surface area (Å²) in [6, 6.07) is 15.5. The first-order valence-electron chi connectivity index (χ1n) is 10.2. The number of likely N-dealkylation sites (tertiary alicyclic amines) is 1. The first-order chi connectivity index (χ1) is 14.5. The third-order valence-corrected chi connectivity index (χ3v) is 5.52. The highest BCUT2D eigenvalue weighted by Gasteiger charge is 2.30. The molecule has 1 saturated heterocycles. The van der Waals surface area contributed by atoms with E-state index in [-0.39, 0.29) is 6.04 Å². The number of aromatic nitrogens is 1. The van der Waals surface area contributed by atoms with E-state index in [1.165, 1.54) is 5.56 Å². The molecule has 1 unspecified atom stereocenters. The lowest BCUT2D eigenvalue weighted by molar-refractivity contribution is -0.142. The van der Waals surface area contributed by atoms with E-state index in [1.54, 1.807) is 0 Å². The van der Waals surface area contributed by atoms with E-state index < -0.39 is 5.97 Å². The molecule has 0 amide bonds. The molecule has 156 valence electrons. The van der Waals surface area contributed by atoms with Crippen molar-refractivity contribution in [3.05, 3.63) is 71.1 Å². The van der Waals surface area contributed by atoms with E-state index in [2.05, 4.69) is 4.98 Å². The van der Waals surface area contributed by atoms with Gasteiger partial charge in [-0.1, -0.05) is 29.8 Å². The molecule has 0 saturated carbocycles. The number of nitrogens with zero attached hydrogens (tertiary/aromatic N) is 2. The maximum absolute atomic E-state index is 11.3. The Morgan fingerprint density at radius 2 is 1.90 bits per heavy atom. The van der Waals surface area contributed by atoms with Crippen molar-refractivity contribution < 1.29 is 19.1 Å². The van der Waals surface area contributed by atoms with Crippen LogP contribution in [0.5, 0.6) is 5.75 Å². The normalized spacial score (nSPS) is 16.7. The van der Waals surface area contributed by atoms with Crippen LogP contribution in [0, 0.1) is 13.8 Å². The van der Waals surface area contributed by atoms with Gasteiger partial charge in [0.1, 0.15) is 29.9 Å². The zero-order valence-corrected chi connectivity index (χ0v) is 17.3. The van der Waals surface area contributed by atoms with Crippen LogP contribution in [0.4, 0.5) is 0 Å². The van der Waals surface area contributed by atoms with Gasteiger partial charge in [-0.3, -0.25) is 9.69 Å². The second-order valence-electron chi connectivity index (χ2n) is 7.79. The SMILES string of the molecule is Cc1ccc(-c2nc(COc3ccc(CN4CCCC4C(=O)O)cc3)c(C)o2)cc1. The Balaban J connectivity index is 1.36. The van der Waals surface area contributed by atoms with Gasteiger partial charge in [0.15, 0.2) is 0 Å². The number of carboxylic acids is 1. The summed E-state index contributed by atoms with van der Waals surface area (Å²) in [4.78, 5) is 17.9. The second kappa shape index (κ2) is 8.71. The maximum Gasteiger partial charge on any atom is 0.320 e. The lowest BCUT2D eigenvalue weighted by Crippen LogP contribution is -2.35. The van der Waals surface area contributed by atoms with Crippen molar-refractivity contribution in [2.45, 2.75) is 45.9 Å². The summed E-state index contributed by atoms with van der Waals surface area (Å²) in [7, 11) is 0. The van der Waals surface area contributed by atoms with Crippen LogP contribution < -0.4 is 4.74 Å². The van der Waals surface area contributed by atoms with Crippen LogP contribution in [-0.4, -0.2) is 33.5 Å². The molecule has 4 rings (SSSR count). The van der Waals surface area contributed by atoms with Gasteiger partial charge in [0.05, 0.1) is 0 Å². The molecule has 0 aliphatic carbocycles. The number of oxazole rings is 1. The molecule has 0 bridgehead atoms. The average molecular weight is 406 g/mol. The van der Waals surface area contributed by atoms with Crippen LogP contribution in [-0.2, 0) is 17.9 Å². The van der Waals surface area contributed by atoms with E-state index in [0.717, 1.165) is 47.7 Å². The van der Waals surface area contributed by atoms with Crippen molar-refractivity contribution in [1.82, 2.24) is 9.88 Å². The minimum absolute atomic E-state index is 0.327. The van der Waals surface area contributed by atoms with Crippen molar-refractivity contribution in [3.8, 4) is 17.2 Å². The molecule has 1 aliphatic rings. The van der Waals surface area contributed by atoms with Crippen LogP contribution in [0.1, 0.15) is 35.4 Å². The lowest BCUT2D eigenvalue weighted by Gasteiger charge is -2.21. The zero-order valence-electron chi connectivity index (χ0n) is 17.3. The summed E-state index contributed by atoms with van der Waals surface area (Å²) >= 11 is 0. The Morgan fingerprint density at radius 3 is 2.60 bits per heavy atom. The highest BCUT2D eigenvalue weighted by molar-refractivity contribution is 5.73. The number of ether oxygens (including phenoxy) is 1. The first-order valence-corrected chi connectivity index (χ1v) is 10.2. The Kier molecular flexibility index (Phi) is 5.86. The number of carboxylic acid groups (broad SMARTS) is 1. The van der Waals surface area contributed by atoms with Crippen molar-refractivity contribution in [2.75, 3.05) is 6.54 Å². The smallest absolute Gasteiger partial charge is 0.320 e. The molecule has 1 fully saturated rings. The summed E-state index contributed by atoms with van der Waals surface area (Å²) in [5.74, 6) is 1.35. The minimum atomic E-state index is -0.736. The Labute approximate surface area is 176 Å². The van der Waals surface area contributed by atoms with E-state index in [1.807, 2.05) is 67.3 Å². The molecule has 3 aromatic rings. The number of benzene rings is 2. The molecule has 1 N–H and O–H groups in total. The largest absolute Gasteiger partial charge is 0.487 e. The van der Waals surface area contributed by atoms with Gasteiger partial charge < -0.3 is 14.3 Å². The third kappa shape index (κ3) is 4.54. The summed E-state index contributed by atoms with van der Waals surface area (Å²) in [6.45, 7) is 5.73. The Bertz CT molecular complexity index is 1010. The number of carbonyl (C=O) groups is 1. The number of hydrogen-bond donors (Lipinski definition) is 1. The molecular formula is C24H26N2O4. The molecule has 0 radical (unpaired) electrons. The predicted octanol–water partition coefficient (Wildman–Crippen LogP) is 4.59. The Hall–Kier alpha value is -3.12. The van der Waals surface area contributed by atoms with Crippen molar-refractivity contribution in [3.63, 3.8) is 0 Å². The summed E-state index contributed by atoms with van der Waals surface area (Å²) in [6.07, 6.45) is 1.65. The monoisotopic (exact) mass is 406 g/mol. The van der Waals surface area contributed by atoms with Crippen molar-refractivity contribution in [2.24, 2.45) is 0 Å². The molecule has 1 atom stereocenters. The first kappa shape index (κ1) is 20.2. The number of hydrogen-bond acceptors (Lipinski definition) is 5. The van der Waals surface area contributed by atoms with Crippen LogP contribution >= 0.6 is 0 Å². The predicted molar refractivity (Wildman–Crippen MR) is 113 cm³/mol. The van der Waals surface area contributed by atoms with Crippen LogP contribution in [0.15, 0.2) is 52.9 Å². The van der Waals surface area contributed by atoms with E-state index >= 15 is 0 Å². The van der Waals surface area contributed by atoms with Gasteiger partial charge in [-0.15, -0.1) is 0 Å². The van der Waals surface area contributed by atoms with Gasteiger partial charge in [0.2, 0.25) is 5.89 Å². The van der Waals surface area contributed by atoms with Gasteiger partial charge in [0, 0.05) is 12.1 Å². The van der Waals surface area contributed by atoms with Gasteiger partial charge in [0.25, 0.3) is 0 Å². The van der Waals surface area contributed by atoms with Crippen LogP contribution in [0.3, 0.4) is 0 Å². The van der Waals surface area contributed by atoms with Gasteiger partial charge in [-0.25, -0.2) is 4.98 Å². The van der Waals surface area contributed by atoms with Crippen LogP contribution in [0.2, 0.25) is 0 Å². The fourth-order valence-corrected chi connectivity index (χ4v) is 3.75. The summed E-state index contributed by atoms with van der Waals surface area (Å²) in [5.41, 5.74) is 3.99. The average Bonchev–Trinajstić information content (AvgIpc) is 3.35. The van der Waals surface area contributed by atoms with E-state index in [0.29, 0.717) is 19.0 Å². The maximum atomic E-state index is 11.3. The molecular weight excluding hydrogens is 380 g/mol. The quantitative estimate of drug-likeness (QED) is 0.619. The molecule has 1 aromatic heterocycles. The van der Waals surface area contributed by atoms with E-state index in [4.69, 9.17) is 9.15 Å². The molecule has 30 heavy (non-hydrogen) atoms. The summed E-state index contributed by atoms with van der Waals surface area (Å²) < 4.78 is 11.7. The van der Waals surface area contributed by atoms with Gasteiger partial charge in [-0.05, 0) is 63.1 Å². The fourth-order valence-electron chi connectivity index (χ4n) is 3.75. The summed E-state index contributed by atoms with van der Waals surface area (Å²) in [5, 5.41) is 9.32. The fraction of sp³-hybridized carbons (Fsp3) is 0.333. The van der Waals surface area contributed by atoms with Gasteiger partial charge >= 0.3 is 5.97 Å². The van der Waals surface area contributed by atoms with Gasteiger partial charge in [-0.2, -0.15) is 0 Å². The Morgan fingerprint density at radius 1 is 1.17 bits per heavy atom. The number of rotatable bonds is 7. The minimum Gasteiger partial charge on any atom is -0.487 e. The van der Waals surface area contributed by atoms with Crippen molar-refractivity contribution in [1.29, 1.82) is 0 Å². The zero-order chi connectivity index (χ0) is 21.1. The van der Waals surface area contributed by atoms with Crippen LogP contribution in [0.25, 0.3) is 11.5 Å².